The second kappa shape index (κ2) is 7.25. The number of rotatable bonds is 4. The van der Waals surface area contributed by atoms with Crippen molar-refractivity contribution in [3.8, 4) is 0 Å². The number of fused-ring (bicyclic) bond motifs is 1. The molecule has 22 heavy (non-hydrogen) atoms. The lowest BCUT2D eigenvalue weighted by Gasteiger charge is -2.31. The van der Waals surface area contributed by atoms with Gasteiger partial charge in [-0.05, 0) is 30.4 Å². The average Bonchev–Trinajstić information content (AvgIpc) is 2.59. The van der Waals surface area contributed by atoms with Crippen molar-refractivity contribution in [2.45, 2.75) is 25.2 Å². The Labute approximate surface area is 133 Å². The molecule has 1 aliphatic heterocycles. The van der Waals surface area contributed by atoms with Crippen LogP contribution in [0.4, 0.5) is 0 Å². The van der Waals surface area contributed by atoms with Gasteiger partial charge in [0.2, 0.25) is 5.91 Å². The maximum Gasteiger partial charge on any atom is 0.229 e. The van der Waals surface area contributed by atoms with Crippen molar-refractivity contribution in [3.05, 3.63) is 35.4 Å². The van der Waals surface area contributed by atoms with Crippen LogP contribution in [-0.4, -0.2) is 62.1 Å². The first kappa shape index (κ1) is 15.5. The molecule has 1 heterocycles. The Bertz CT molecular complexity index is 512. The zero-order valence-corrected chi connectivity index (χ0v) is 13.5. The molecule has 0 unspecified atom stereocenters. The van der Waals surface area contributed by atoms with Crippen molar-refractivity contribution in [1.82, 2.24) is 9.80 Å². The second-order valence-electron chi connectivity index (χ2n) is 6.36. The lowest BCUT2D eigenvalue weighted by molar-refractivity contribution is -0.132. The van der Waals surface area contributed by atoms with Crippen LogP contribution < -0.4 is 0 Å². The van der Waals surface area contributed by atoms with E-state index >= 15 is 0 Å². The molecule has 1 aromatic carbocycles. The quantitative estimate of drug-likeness (QED) is 0.851. The second-order valence-corrected chi connectivity index (χ2v) is 6.36. The number of ether oxygens (including phenoxy) is 1. The van der Waals surface area contributed by atoms with Gasteiger partial charge in [-0.2, -0.15) is 0 Å². The Morgan fingerprint density at radius 3 is 2.91 bits per heavy atom. The van der Waals surface area contributed by atoms with Gasteiger partial charge in [0.15, 0.2) is 0 Å². The fourth-order valence-electron chi connectivity index (χ4n) is 3.50. The monoisotopic (exact) mass is 302 g/mol. The van der Waals surface area contributed by atoms with E-state index in [2.05, 4.69) is 29.2 Å². The Kier molecular flexibility index (Phi) is 5.11. The molecule has 0 bridgehead atoms. The lowest BCUT2D eigenvalue weighted by Crippen LogP contribution is -2.43. The van der Waals surface area contributed by atoms with Crippen molar-refractivity contribution in [1.29, 1.82) is 0 Å². The molecule has 1 saturated heterocycles. The number of hydrogen-bond acceptors (Lipinski definition) is 3. The van der Waals surface area contributed by atoms with Gasteiger partial charge in [-0.25, -0.2) is 0 Å². The van der Waals surface area contributed by atoms with Crippen molar-refractivity contribution < 1.29 is 9.53 Å². The number of carbonyl (C=O) groups excluding carboxylic acids is 1. The topological polar surface area (TPSA) is 32.8 Å². The Balaban J connectivity index is 1.59. The minimum Gasteiger partial charge on any atom is -0.379 e. The molecule has 4 heteroatoms. The number of benzene rings is 1. The van der Waals surface area contributed by atoms with Crippen LogP contribution in [0.3, 0.4) is 0 Å². The van der Waals surface area contributed by atoms with Crippen LogP contribution in [0, 0.1) is 0 Å². The van der Waals surface area contributed by atoms with Crippen molar-refractivity contribution in [2.75, 3.05) is 46.4 Å². The normalized spacial score (nSPS) is 22.1. The molecule has 2 aliphatic rings. The molecule has 1 amide bonds. The molecule has 1 aliphatic carbocycles. The van der Waals surface area contributed by atoms with Gasteiger partial charge < -0.3 is 9.64 Å². The highest BCUT2D eigenvalue weighted by Gasteiger charge is 2.28. The van der Waals surface area contributed by atoms with Crippen LogP contribution in [0.5, 0.6) is 0 Å². The molecule has 3 rings (SSSR count). The van der Waals surface area contributed by atoms with Crippen LogP contribution in [0.2, 0.25) is 0 Å². The molecule has 0 spiro atoms. The molecular formula is C18H26N2O2. The van der Waals surface area contributed by atoms with E-state index in [1.165, 1.54) is 11.1 Å². The lowest BCUT2D eigenvalue weighted by atomic mass is 9.82. The Morgan fingerprint density at radius 1 is 1.32 bits per heavy atom. The number of amides is 1. The van der Waals surface area contributed by atoms with Crippen LogP contribution in [-0.2, 0) is 16.0 Å². The van der Waals surface area contributed by atoms with Gasteiger partial charge in [0.05, 0.1) is 19.1 Å². The summed E-state index contributed by atoms with van der Waals surface area (Å²) in [5.41, 5.74) is 2.60. The number of aryl methyl sites for hydroxylation is 1. The SMILES string of the molecule is CN(CCN1CCOCC1)C(=O)[C@@H]1CCCc2ccccc21. The van der Waals surface area contributed by atoms with Crippen LogP contribution in [0.25, 0.3) is 0 Å². The summed E-state index contributed by atoms with van der Waals surface area (Å²) in [5, 5.41) is 0. The summed E-state index contributed by atoms with van der Waals surface area (Å²) in [6, 6.07) is 8.43. The largest absolute Gasteiger partial charge is 0.379 e. The van der Waals surface area contributed by atoms with Gasteiger partial charge in [0.25, 0.3) is 0 Å². The summed E-state index contributed by atoms with van der Waals surface area (Å²) in [7, 11) is 1.94. The van der Waals surface area contributed by atoms with Gasteiger partial charge in [0.1, 0.15) is 0 Å². The third-order valence-corrected chi connectivity index (χ3v) is 4.90. The highest BCUT2D eigenvalue weighted by atomic mass is 16.5. The van der Waals surface area contributed by atoms with E-state index in [1.807, 2.05) is 11.9 Å². The first-order chi connectivity index (χ1) is 10.8. The van der Waals surface area contributed by atoms with E-state index in [4.69, 9.17) is 4.74 Å². The highest BCUT2D eigenvalue weighted by molar-refractivity contribution is 5.84. The summed E-state index contributed by atoms with van der Waals surface area (Å²) in [5.74, 6) is 0.333. The van der Waals surface area contributed by atoms with Gasteiger partial charge in [-0.3, -0.25) is 9.69 Å². The number of hydrogen-bond donors (Lipinski definition) is 0. The van der Waals surface area contributed by atoms with E-state index in [1.54, 1.807) is 0 Å². The standard InChI is InChI=1S/C18H26N2O2/c1-19(9-10-20-11-13-22-14-12-20)18(21)17-8-4-6-15-5-2-3-7-16(15)17/h2-3,5,7,17H,4,6,8-14H2,1H3/t17-/m1/s1. The smallest absolute Gasteiger partial charge is 0.229 e. The van der Waals surface area contributed by atoms with Gasteiger partial charge in [-0.1, -0.05) is 24.3 Å². The fourth-order valence-corrected chi connectivity index (χ4v) is 3.50. The highest BCUT2D eigenvalue weighted by Crippen LogP contribution is 2.32. The maximum absolute atomic E-state index is 12.8. The third-order valence-electron chi connectivity index (χ3n) is 4.90. The molecule has 120 valence electrons. The van der Waals surface area contributed by atoms with Crippen LogP contribution >= 0.6 is 0 Å². The summed E-state index contributed by atoms with van der Waals surface area (Å²) in [6.45, 7) is 5.33. The number of morpholine rings is 1. The van der Waals surface area contributed by atoms with Gasteiger partial charge in [-0.15, -0.1) is 0 Å². The Hall–Kier alpha value is -1.39. The zero-order chi connectivity index (χ0) is 15.4. The summed E-state index contributed by atoms with van der Waals surface area (Å²) >= 11 is 0. The number of carbonyl (C=O) groups is 1. The number of likely N-dealkylation sites (N-methyl/N-ethyl adjacent to an activating group) is 1. The van der Waals surface area contributed by atoms with Crippen molar-refractivity contribution in [2.24, 2.45) is 0 Å². The summed E-state index contributed by atoms with van der Waals surface area (Å²) < 4.78 is 5.37. The molecule has 0 N–H and O–H groups in total. The first-order valence-electron chi connectivity index (χ1n) is 8.38. The Morgan fingerprint density at radius 2 is 2.09 bits per heavy atom. The van der Waals surface area contributed by atoms with Crippen LogP contribution in [0.15, 0.2) is 24.3 Å². The predicted octanol–water partition coefficient (Wildman–Crippen LogP) is 1.90. The van der Waals surface area contributed by atoms with E-state index in [0.29, 0.717) is 0 Å². The average molecular weight is 302 g/mol. The van der Waals surface area contributed by atoms with E-state index in [-0.39, 0.29) is 11.8 Å². The van der Waals surface area contributed by atoms with E-state index in [0.717, 1.165) is 58.7 Å². The van der Waals surface area contributed by atoms with E-state index < -0.39 is 0 Å². The molecule has 1 fully saturated rings. The first-order valence-corrected chi connectivity index (χ1v) is 8.38. The predicted molar refractivity (Wildman–Crippen MR) is 87.0 cm³/mol. The fraction of sp³-hybridized carbons (Fsp3) is 0.611. The minimum absolute atomic E-state index is 0.0552. The molecule has 0 radical (unpaired) electrons. The van der Waals surface area contributed by atoms with E-state index in [9.17, 15) is 4.79 Å². The molecule has 1 atom stereocenters. The van der Waals surface area contributed by atoms with Crippen molar-refractivity contribution >= 4 is 5.91 Å². The molecular weight excluding hydrogens is 276 g/mol. The van der Waals surface area contributed by atoms with Crippen molar-refractivity contribution in [3.63, 3.8) is 0 Å². The maximum atomic E-state index is 12.8. The molecule has 4 nitrogen and oxygen atoms in total. The molecule has 0 saturated carbocycles. The summed E-state index contributed by atoms with van der Waals surface area (Å²) in [4.78, 5) is 17.1. The van der Waals surface area contributed by atoms with Gasteiger partial charge in [0, 0.05) is 33.2 Å². The van der Waals surface area contributed by atoms with Crippen LogP contribution in [0.1, 0.15) is 29.9 Å². The third kappa shape index (κ3) is 3.50. The number of nitrogens with zero attached hydrogens (tertiary/aromatic N) is 2. The zero-order valence-electron chi connectivity index (χ0n) is 13.5. The summed E-state index contributed by atoms with van der Waals surface area (Å²) in [6.07, 6.45) is 3.21. The molecule has 1 aromatic rings. The van der Waals surface area contributed by atoms with Gasteiger partial charge >= 0.3 is 0 Å². The molecule has 0 aromatic heterocycles. The minimum atomic E-state index is 0.0552.